The fourth-order valence-electron chi connectivity index (χ4n) is 1.76. The Hall–Kier alpha value is -2.23. The van der Waals surface area contributed by atoms with Gasteiger partial charge >= 0.3 is 5.97 Å². The summed E-state index contributed by atoms with van der Waals surface area (Å²) < 4.78 is 0. The van der Waals surface area contributed by atoms with Gasteiger partial charge in [0, 0.05) is 23.3 Å². The molecule has 23 heavy (non-hydrogen) atoms. The predicted molar refractivity (Wildman–Crippen MR) is 95.1 cm³/mol. The number of aryl methyl sites for hydroxylation is 1. The Kier molecular flexibility index (Phi) is 8.78. The lowest BCUT2D eigenvalue weighted by Gasteiger charge is -2.03. The Morgan fingerprint density at radius 3 is 1.96 bits per heavy atom. The number of aromatic carboxylic acids is 1. The van der Waals surface area contributed by atoms with Crippen LogP contribution in [-0.4, -0.2) is 21.0 Å². The van der Waals surface area contributed by atoms with E-state index in [0.717, 1.165) is 11.4 Å². The van der Waals surface area contributed by atoms with Gasteiger partial charge in [-0.3, -0.25) is 9.97 Å². The van der Waals surface area contributed by atoms with Crippen molar-refractivity contribution in [2.45, 2.75) is 53.9 Å². The minimum atomic E-state index is -0.933. The van der Waals surface area contributed by atoms with Crippen molar-refractivity contribution in [1.29, 1.82) is 0 Å². The fraction of sp³-hybridized carbons (Fsp3) is 0.421. The number of carboxylic acid groups (broad SMARTS) is 1. The van der Waals surface area contributed by atoms with Crippen LogP contribution >= 0.6 is 0 Å². The van der Waals surface area contributed by atoms with Crippen molar-refractivity contribution >= 4 is 5.97 Å². The first-order valence-electron chi connectivity index (χ1n) is 7.44. The van der Waals surface area contributed by atoms with Crippen molar-refractivity contribution in [2.24, 2.45) is 0 Å². The molecule has 0 bridgehead atoms. The molecule has 0 aromatic carbocycles. The molecular weight excluding hydrogens is 288 g/mol. The van der Waals surface area contributed by atoms with Gasteiger partial charge in [0.2, 0.25) is 0 Å². The zero-order valence-electron chi connectivity index (χ0n) is 13.9. The fourth-order valence-corrected chi connectivity index (χ4v) is 1.76. The number of hydrogen-bond acceptors (Lipinski definition) is 3. The monoisotopic (exact) mass is 316 g/mol. The molecule has 0 saturated heterocycles. The van der Waals surface area contributed by atoms with E-state index in [1.54, 1.807) is 12.1 Å². The topological polar surface area (TPSA) is 63.1 Å². The van der Waals surface area contributed by atoms with Crippen molar-refractivity contribution in [1.82, 2.24) is 9.97 Å². The molecule has 1 N–H and O–H groups in total. The number of carboxylic acids is 1. The van der Waals surface area contributed by atoms with Crippen LogP contribution < -0.4 is 0 Å². The van der Waals surface area contributed by atoms with Gasteiger partial charge in [-0.2, -0.15) is 0 Å². The maximum atomic E-state index is 10.4. The molecule has 0 spiro atoms. The minimum absolute atomic E-state index is 0. The molecule has 0 amide bonds. The van der Waals surface area contributed by atoms with Gasteiger partial charge in [0.15, 0.2) is 0 Å². The molecule has 2 heterocycles. The smallest absolute Gasteiger partial charge is 0.337 e. The van der Waals surface area contributed by atoms with E-state index in [1.807, 2.05) is 26.8 Å². The largest absolute Gasteiger partial charge is 0.478 e. The highest BCUT2D eigenvalue weighted by molar-refractivity contribution is 5.87. The second-order valence-corrected chi connectivity index (χ2v) is 5.79. The summed E-state index contributed by atoms with van der Waals surface area (Å²) >= 11 is 0. The molecule has 4 heteroatoms. The van der Waals surface area contributed by atoms with Crippen LogP contribution in [0.25, 0.3) is 0 Å². The zero-order chi connectivity index (χ0) is 16.7. The number of aromatic nitrogens is 2. The summed E-state index contributed by atoms with van der Waals surface area (Å²) in [6, 6.07) is 9.46. The summed E-state index contributed by atoms with van der Waals surface area (Å²) in [6.45, 7) is 10.4. The summed E-state index contributed by atoms with van der Waals surface area (Å²) in [5.41, 5.74) is 3.44. The maximum absolute atomic E-state index is 10.4. The zero-order valence-corrected chi connectivity index (χ0v) is 13.9. The molecule has 2 aromatic rings. The highest BCUT2D eigenvalue weighted by Crippen LogP contribution is 2.11. The van der Waals surface area contributed by atoms with Crippen molar-refractivity contribution in [3.63, 3.8) is 0 Å². The molecule has 2 aromatic heterocycles. The van der Waals surface area contributed by atoms with Crippen LogP contribution in [0.2, 0.25) is 0 Å². The van der Waals surface area contributed by atoms with Crippen LogP contribution in [0.4, 0.5) is 0 Å². The van der Waals surface area contributed by atoms with E-state index < -0.39 is 5.97 Å². The summed E-state index contributed by atoms with van der Waals surface area (Å²) in [7, 11) is 0. The second kappa shape index (κ2) is 9.72. The standard InChI is InChI=1S/C9H11NO2.C9H13N.CH4/c1-6(2)8-4-3-7(5-10-8)9(11)12;1-7(2)9-6-4-5-8(3)10-9;/h3-6H,1-2H3,(H,11,12);4-7H,1-3H3;1H4. The first-order valence-corrected chi connectivity index (χ1v) is 7.44. The average Bonchev–Trinajstić information content (AvgIpc) is 2.48. The Morgan fingerprint density at radius 2 is 1.61 bits per heavy atom. The third kappa shape index (κ3) is 7.04. The molecule has 0 aliphatic carbocycles. The van der Waals surface area contributed by atoms with E-state index in [4.69, 9.17) is 5.11 Å². The van der Waals surface area contributed by atoms with Crippen LogP contribution in [0.5, 0.6) is 0 Å². The Bertz CT molecular complexity index is 605. The van der Waals surface area contributed by atoms with Crippen molar-refractivity contribution in [3.05, 3.63) is 59.2 Å². The minimum Gasteiger partial charge on any atom is -0.478 e. The average molecular weight is 316 g/mol. The van der Waals surface area contributed by atoms with Gasteiger partial charge in [0.1, 0.15) is 0 Å². The first kappa shape index (κ1) is 20.8. The molecular formula is C19H28N2O2. The van der Waals surface area contributed by atoms with Gasteiger partial charge in [-0.15, -0.1) is 0 Å². The van der Waals surface area contributed by atoms with E-state index in [-0.39, 0.29) is 13.0 Å². The van der Waals surface area contributed by atoms with E-state index in [0.29, 0.717) is 11.8 Å². The second-order valence-electron chi connectivity index (χ2n) is 5.79. The lowest BCUT2D eigenvalue weighted by Crippen LogP contribution is -1.99. The summed E-state index contributed by atoms with van der Waals surface area (Å²) in [5.74, 6) is -0.0504. The Balaban J connectivity index is 0.000000409. The van der Waals surface area contributed by atoms with Crippen molar-refractivity contribution < 1.29 is 9.90 Å². The van der Waals surface area contributed by atoms with Crippen LogP contribution in [0.1, 0.15) is 74.4 Å². The Morgan fingerprint density at radius 1 is 1.00 bits per heavy atom. The van der Waals surface area contributed by atoms with Gasteiger partial charge in [0.05, 0.1) is 5.56 Å². The molecule has 0 unspecified atom stereocenters. The van der Waals surface area contributed by atoms with Gasteiger partial charge in [-0.05, 0) is 43.0 Å². The molecule has 126 valence electrons. The number of rotatable bonds is 3. The van der Waals surface area contributed by atoms with Gasteiger partial charge in [0.25, 0.3) is 0 Å². The van der Waals surface area contributed by atoms with E-state index in [9.17, 15) is 4.79 Å². The third-order valence-electron chi connectivity index (χ3n) is 3.13. The highest BCUT2D eigenvalue weighted by atomic mass is 16.4. The molecule has 4 nitrogen and oxygen atoms in total. The van der Waals surface area contributed by atoms with Crippen molar-refractivity contribution in [2.75, 3.05) is 0 Å². The van der Waals surface area contributed by atoms with E-state index >= 15 is 0 Å². The molecule has 0 fully saturated rings. The first-order chi connectivity index (χ1) is 10.3. The lowest BCUT2D eigenvalue weighted by atomic mass is 10.1. The Labute approximate surface area is 139 Å². The SMILES string of the molecule is C.CC(C)c1ccc(C(=O)O)cn1.Cc1cccc(C(C)C)n1. The predicted octanol–water partition coefficient (Wildman–Crippen LogP) is 5.05. The van der Waals surface area contributed by atoms with E-state index in [1.165, 1.54) is 11.9 Å². The summed E-state index contributed by atoms with van der Waals surface area (Å²) in [4.78, 5) is 18.8. The summed E-state index contributed by atoms with van der Waals surface area (Å²) in [6.07, 6.45) is 1.39. The van der Waals surface area contributed by atoms with Crippen LogP contribution in [0.15, 0.2) is 36.5 Å². The van der Waals surface area contributed by atoms with Crippen LogP contribution in [0, 0.1) is 6.92 Å². The number of pyridine rings is 2. The number of hydrogen-bond donors (Lipinski definition) is 1. The molecule has 0 aliphatic heterocycles. The summed E-state index contributed by atoms with van der Waals surface area (Å²) in [5, 5.41) is 8.57. The third-order valence-corrected chi connectivity index (χ3v) is 3.13. The van der Waals surface area contributed by atoms with E-state index in [2.05, 4.69) is 35.9 Å². The maximum Gasteiger partial charge on any atom is 0.337 e. The molecule has 0 aliphatic rings. The molecule has 2 rings (SSSR count). The number of nitrogens with zero attached hydrogens (tertiary/aromatic N) is 2. The molecule has 0 atom stereocenters. The molecule has 0 saturated carbocycles. The normalized spacial score (nSPS) is 9.87. The quantitative estimate of drug-likeness (QED) is 0.860. The number of carbonyl (C=O) groups is 1. The lowest BCUT2D eigenvalue weighted by molar-refractivity contribution is 0.0696. The molecule has 0 radical (unpaired) electrons. The van der Waals surface area contributed by atoms with Gasteiger partial charge < -0.3 is 5.11 Å². The van der Waals surface area contributed by atoms with Crippen LogP contribution in [-0.2, 0) is 0 Å². The van der Waals surface area contributed by atoms with Crippen LogP contribution in [0.3, 0.4) is 0 Å². The highest BCUT2D eigenvalue weighted by Gasteiger charge is 2.04. The van der Waals surface area contributed by atoms with Gasteiger partial charge in [-0.25, -0.2) is 4.79 Å². The van der Waals surface area contributed by atoms with Gasteiger partial charge in [-0.1, -0.05) is 41.2 Å². The van der Waals surface area contributed by atoms with Crippen molar-refractivity contribution in [3.8, 4) is 0 Å².